The van der Waals surface area contributed by atoms with Crippen LogP contribution in [0.25, 0.3) is 5.69 Å². The fraction of sp³-hybridized carbons (Fsp3) is 0.233. The summed E-state index contributed by atoms with van der Waals surface area (Å²) >= 11 is 5.91. The molecule has 1 saturated heterocycles. The van der Waals surface area contributed by atoms with Crippen molar-refractivity contribution >= 4 is 34.6 Å². The van der Waals surface area contributed by atoms with E-state index in [9.17, 15) is 4.79 Å². The monoisotopic (exact) mass is 525 g/mol. The molecule has 7 nitrogen and oxygen atoms in total. The lowest BCUT2D eigenvalue weighted by Crippen LogP contribution is -2.29. The normalized spacial score (nSPS) is 16.9. The molecule has 2 aromatic carbocycles. The maximum Gasteiger partial charge on any atom is 0.250 e. The number of aryl methyl sites for hydroxylation is 2. The largest absolute Gasteiger partial charge is 0.375 e. The Bertz CT molecular complexity index is 1470. The third kappa shape index (κ3) is 4.80. The zero-order chi connectivity index (χ0) is 26.8. The lowest BCUT2D eigenvalue weighted by Gasteiger charge is -2.28. The minimum atomic E-state index is -0.199. The van der Waals surface area contributed by atoms with Crippen LogP contribution in [0.5, 0.6) is 0 Å². The number of thiocarbonyl (C=S) groups is 1. The minimum Gasteiger partial charge on any atom is -0.375 e. The van der Waals surface area contributed by atoms with E-state index in [2.05, 4.69) is 76.2 Å². The summed E-state index contributed by atoms with van der Waals surface area (Å²) in [5, 5.41) is 7.01. The number of benzene rings is 2. The maximum atomic E-state index is 12.0. The number of amides is 1. The molecule has 38 heavy (non-hydrogen) atoms. The molecular weight excluding hydrogens is 494 g/mol. The number of hydrogen-bond donors (Lipinski definition) is 2. The number of pyridine rings is 1. The molecule has 0 spiro atoms. The molecule has 1 aliphatic rings. The smallest absolute Gasteiger partial charge is 0.250 e. The van der Waals surface area contributed by atoms with Gasteiger partial charge in [-0.05, 0) is 92.6 Å². The van der Waals surface area contributed by atoms with Gasteiger partial charge in [0, 0.05) is 41.8 Å². The Morgan fingerprint density at radius 3 is 2.47 bits per heavy atom. The molecule has 2 N–H and O–H groups in total. The molecule has 0 bridgehead atoms. The van der Waals surface area contributed by atoms with Crippen molar-refractivity contribution in [2.45, 2.75) is 32.9 Å². The second-order valence-corrected chi connectivity index (χ2v) is 9.86. The Morgan fingerprint density at radius 2 is 1.79 bits per heavy atom. The van der Waals surface area contributed by atoms with Gasteiger partial charge in [0.2, 0.25) is 5.91 Å². The van der Waals surface area contributed by atoms with Crippen LogP contribution in [0.15, 0.2) is 79.0 Å². The van der Waals surface area contributed by atoms with Crippen LogP contribution in [0, 0.1) is 20.8 Å². The van der Waals surface area contributed by atoms with Crippen LogP contribution in [0.4, 0.5) is 11.4 Å². The Hall–Kier alpha value is -4.01. The number of para-hydroxylation sites is 1. The molecule has 1 fully saturated rings. The van der Waals surface area contributed by atoms with Gasteiger partial charge in [-0.25, -0.2) is 0 Å². The summed E-state index contributed by atoms with van der Waals surface area (Å²) in [5.74, 6) is -0.199. The molecule has 4 aromatic rings. The van der Waals surface area contributed by atoms with Gasteiger partial charge >= 0.3 is 0 Å². The average molecular weight is 526 g/mol. The Balaban J connectivity index is 1.59. The van der Waals surface area contributed by atoms with Gasteiger partial charge in [0.25, 0.3) is 0 Å². The fourth-order valence-electron chi connectivity index (χ4n) is 5.25. The van der Waals surface area contributed by atoms with Crippen molar-refractivity contribution in [3.05, 3.63) is 107 Å². The Morgan fingerprint density at radius 1 is 1.05 bits per heavy atom. The molecule has 1 amide bonds. The standard InChI is InChI=1S/C30H31N5O2S/c1-19-9-5-6-11-26(19)34-20(2)17-24(21(34)3)29-28(25-10-7-8-16-31-25)33-30(38)35(29)23-14-12-22(13-15-23)32-27(36)18-37-4/h5-17,28-29H,18H2,1-4H3,(H,32,36)(H,33,38)/t28-,29+/m0/s1. The first kappa shape index (κ1) is 25.6. The van der Waals surface area contributed by atoms with Gasteiger partial charge < -0.3 is 24.8 Å². The fourth-order valence-corrected chi connectivity index (χ4v) is 5.60. The molecule has 1 aliphatic heterocycles. The Labute approximate surface area is 228 Å². The summed E-state index contributed by atoms with van der Waals surface area (Å²) in [4.78, 5) is 18.8. The number of nitrogens with one attached hydrogen (secondary N) is 2. The van der Waals surface area contributed by atoms with E-state index >= 15 is 0 Å². The molecule has 3 heterocycles. The topological polar surface area (TPSA) is 71.4 Å². The molecule has 2 atom stereocenters. The summed E-state index contributed by atoms with van der Waals surface area (Å²) in [7, 11) is 1.50. The molecule has 5 rings (SSSR count). The highest BCUT2D eigenvalue weighted by atomic mass is 32.1. The van der Waals surface area contributed by atoms with Gasteiger partial charge in [0.05, 0.1) is 17.8 Å². The van der Waals surface area contributed by atoms with E-state index in [1.165, 1.54) is 23.9 Å². The molecule has 0 radical (unpaired) electrons. The van der Waals surface area contributed by atoms with Crippen molar-refractivity contribution in [2.24, 2.45) is 0 Å². The predicted molar refractivity (Wildman–Crippen MR) is 155 cm³/mol. The number of methoxy groups -OCH3 is 1. The van der Waals surface area contributed by atoms with Gasteiger partial charge in [0.1, 0.15) is 6.61 Å². The molecule has 0 unspecified atom stereocenters. The first-order valence-corrected chi connectivity index (χ1v) is 12.9. The number of aromatic nitrogens is 2. The van der Waals surface area contributed by atoms with Crippen LogP contribution >= 0.6 is 12.2 Å². The van der Waals surface area contributed by atoms with Gasteiger partial charge in [-0.1, -0.05) is 24.3 Å². The van der Waals surface area contributed by atoms with Gasteiger partial charge in [-0.3, -0.25) is 9.78 Å². The maximum absolute atomic E-state index is 12.0. The third-order valence-electron chi connectivity index (χ3n) is 6.95. The highest BCUT2D eigenvalue weighted by molar-refractivity contribution is 7.80. The SMILES string of the molecule is COCC(=O)Nc1ccc(N2C(=S)N[C@@H](c3ccccn3)[C@H]2c2cc(C)n(-c3ccccc3C)c2C)cc1. The highest BCUT2D eigenvalue weighted by Crippen LogP contribution is 2.44. The van der Waals surface area contributed by atoms with Crippen molar-refractivity contribution in [2.75, 3.05) is 23.9 Å². The minimum absolute atomic E-state index is 0.00617. The number of rotatable bonds is 7. The van der Waals surface area contributed by atoms with Crippen molar-refractivity contribution in [3.8, 4) is 5.69 Å². The van der Waals surface area contributed by atoms with Crippen LogP contribution in [0.3, 0.4) is 0 Å². The number of carbonyl (C=O) groups is 1. The average Bonchev–Trinajstić information content (AvgIpc) is 3.40. The van der Waals surface area contributed by atoms with Crippen LogP contribution in [-0.4, -0.2) is 34.3 Å². The molecule has 0 saturated carbocycles. The second-order valence-electron chi connectivity index (χ2n) is 9.47. The van der Waals surface area contributed by atoms with E-state index in [1.807, 2.05) is 48.7 Å². The summed E-state index contributed by atoms with van der Waals surface area (Å²) in [6.07, 6.45) is 1.81. The van der Waals surface area contributed by atoms with E-state index in [0.717, 1.165) is 22.8 Å². The summed E-state index contributed by atoms with van der Waals surface area (Å²) in [6.45, 7) is 6.45. The molecule has 194 valence electrons. The Kier molecular flexibility index (Phi) is 7.26. The van der Waals surface area contributed by atoms with E-state index in [-0.39, 0.29) is 24.6 Å². The van der Waals surface area contributed by atoms with Crippen LogP contribution in [0.2, 0.25) is 0 Å². The van der Waals surface area contributed by atoms with Crippen LogP contribution < -0.4 is 15.5 Å². The van der Waals surface area contributed by atoms with Crippen molar-refractivity contribution in [3.63, 3.8) is 0 Å². The van der Waals surface area contributed by atoms with Gasteiger partial charge in [-0.2, -0.15) is 0 Å². The lowest BCUT2D eigenvalue weighted by molar-refractivity contribution is -0.119. The summed E-state index contributed by atoms with van der Waals surface area (Å²) < 4.78 is 7.23. The lowest BCUT2D eigenvalue weighted by atomic mass is 9.96. The molecule has 8 heteroatoms. The first-order chi connectivity index (χ1) is 18.4. The zero-order valence-electron chi connectivity index (χ0n) is 21.9. The molecule has 0 aliphatic carbocycles. The molecular formula is C30H31N5O2S. The van der Waals surface area contributed by atoms with Crippen LogP contribution in [0.1, 0.15) is 40.3 Å². The quantitative estimate of drug-likeness (QED) is 0.308. The number of nitrogens with zero attached hydrogens (tertiary/aromatic N) is 3. The zero-order valence-corrected chi connectivity index (χ0v) is 22.8. The number of hydrogen-bond acceptors (Lipinski definition) is 4. The van der Waals surface area contributed by atoms with E-state index in [0.29, 0.717) is 10.8 Å². The van der Waals surface area contributed by atoms with E-state index in [1.54, 1.807) is 0 Å². The second kappa shape index (κ2) is 10.8. The number of carbonyl (C=O) groups excluding carboxylic acids is 1. The van der Waals surface area contributed by atoms with E-state index in [4.69, 9.17) is 17.0 Å². The van der Waals surface area contributed by atoms with E-state index < -0.39 is 0 Å². The van der Waals surface area contributed by atoms with Crippen molar-refractivity contribution in [1.29, 1.82) is 0 Å². The van der Waals surface area contributed by atoms with Crippen molar-refractivity contribution < 1.29 is 9.53 Å². The number of ether oxygens (including phenoxy) is 1. The van der Waals surface area contributed by atoms with Crippen LogP contribution in [-0.2, 0) is 9.53 Å². The summed E-state index contributed by atoms with van der Waals surface area (Å²) in [6, 6.07) is 24.1. The van der Waals surface area contributed by atoms with Gasteiger partial charge in [0.15, 0.2) is 5.11 Å². The van der Waals surface area contributed by atoms with Gasteiger partial charge in [-0.15, -0.1) is 0 Å². The predicted octanol–water partition coefficient (Wildman–Crippen LogP) is 5.56. The van der Waals surface area contributed by atoms with Crippen molar-refractivity contribution in [1.82, 2.24) is 14.9 Å². The highest BCUT2D eigenvalue weighted by Gasteiger charge is 2.42. The number of anilines is 2. The third-order valence-corrected chi connectivity index (χ3v) is 7.26. The molecule has 2 aromatic heterocycles. The summed E-state index contributed by atoms with van der Waals surface area (Å²) in [5.41, 5.74) is 8.41. The first-order valence-electron chi connectivity index (χ1n) is 12.5.